The van der Waals surface area contributed by atoms with Crippen LogP contribution >= 0.6 is 11.6 Å². The summed E-state index contributed by atoms with van der Waals surface area (Å²) in [5.74, 6) is -16.4. The van der Waals surface area contributed by atoms with Crippen molar-refractivity contribution in [3.8, 4) is 0 Å². The van der Waals surface area contributed by atoms with Gasteiger partial charge in [-0.05, 0) is 0 Å². The minimum atomic E-state index is -5.74. The molecular weight excluding hydrogens is 228 g/mol. The predicted octanol–water partition coefficient (Wildman–Crippen LogP) is 2.85. The number of rotatable bonds is 0. The highest BCUT2D eigenvalue weighted by molar-refractivity contribution is 6.22. The van der Waals surface area contributed by atoms with Crippen molar-refractivity contribution in [2.45, 2.75) is 29.3 Å². The second-order valence-corrected chi connectivity index (χ2v) is 3.09. The molecule has 0 aromatic rings. The zero-order valence-corrected chi connectivity index (χ0v) is 6.43. The van der Waals surface area contributed by atoms with Gasteiger partial charge in [-0.1, -0.05) is 0 Å². The quantitative estimate of drug-likeness (QED) is 0.443. The molecule has 0 bridgehead atoms. The molecule has 0 aliphatic heterocycles. The van der Waals surface area contributed by atoms with Gasteiger partial charge >= 0.3 is 17.8 Å². The van der Waals surface area contributed by atoms with E-state index in [2.05, 4.69) is 11.6 Å². The average molecular weight is 231 g/mol. The summed E-state index contributed by atoms with van der Waals surface area (Å²) >= 11 is 4.44. The van der Waals surface area contributed by atoms with E-state index in [4.69, 9.17) is 0 Å². The van der Waals surface area contributed by atoms with Crippen LogP contribution < -0.4 is 0 Å². The van der Waals surface area contributed by atoms with E-state index in [1.54, 1.807) is 0 Å². The molecule has 1 saturated carbocycles. The van der Waals surface area contributed by atoms with E-state index in [-0.39, 0.29) is 0 Å². The maximum Gasteiger partial charge on any atom is 0.376 e. The van der Waals surface area contributed by atoms with E-state index in [0.29, 0.717) is 0 Å². The molecule has 0 heterocycles. The first-order chi connectivity index (χ1) is 5.57. The maximum absolute atomic E-state index is 12.3. The number of hydrogen-bond acceptors (Lipinski definition) is 0. The van der Waals surface area contributed by atoms with Crippen LogP contribution in [0.3, 0.4) is 0 Å². The Morgan fingerprint density at radius 3 is 1.31 bits per heavy atom. The Balaban J connectivity index is 3.23. The molecule has 1 aliphatic rings. The fraction of sp³-hybridized carbons (Fsp3) is 1.00. The smallest absolute Gasteiger partial charge is 0.239 e. The van der Waals surface area contributed by atoms with Gasteiger partial charge < -0.3 is 0 Å². The molecule has 0 amide bonds. The van der Waals surface area contributed by atoms with Crippen molar-refractivity contribution in [1.82, 2.24) is 0 Å². The van der Waals surface area contributed by atoms with Crippen LogP contribution in [0.5, 0.6) is 0 Å². The molecule has 0 aromatic carbocycles. The Labute approximate surface area is 72.7 Å². The number of halogens is 8. The molecule has 0 radical (unpaired) electrons. The molecule has 1 fully saturated rings. The van der Waals surface area contributed by atoms with Crippen LogP contribution in [0.25, 0.3) is 0 Å². The Morgan fingerprint density at radius 2 is 1.23 bits per heavy atom. The van der Waals surface area contributed by atoms with Crippen molar-refractivity contribution < 1.29 is 30.7 Å². The van der Waals surface area contributed by atoms with Crippen LogP contribution in [0.4, 0.5) is 30.7 Å². The highest BCUT2D eigenvalue weighted by Crippen LogP contribution is 2.59. The van der Waals surface area contributed by atoms with Crippen molar-refractivity contribution in [1.29, 1.82) is 0 Å². The lowest BCUT2D eigenvalue weighted by Crippen LogP contribution is -2.49. The fourth-order valence-corrected chi connectivity index (χ4v) is 1.23. The van der Waals surface area contributed by atoms with Crippen LogP contribution in [-0.4, -0.2) is 29.3 Å². The zero-order valence-electron chi connectivity index (χ0n) is 5.68. The van der Waals surface area contributed by atoms with Gasteiger partial charge in [0.25, 0.3) is 0 Å². The van der Waals surface area contributed by atoms with Crippen LogP contribution in [-0.2, 0) is 0 Å². The van der Waals surface area contributed by atoms with E-state index >= 15 is 0 Å². The molecule has 13 heavy (non-hydrogen) atoms. The topological polar surface area (TPSA) is 0 Å². The van der Waals surface area contributed by atoms with Gasteiger partial charge in [0.2, 0.25) is 0 Å². The first-order valence-corrected chi connectivity index (χ1v) is 3.42. The molecule has 0 aromatic heterocycles. The van der Waals surface area contributed by atoms with Crippen molar-refractivity contribution in [3.63, 3.8) is 0 Å². The molecule has 1 rings (SSSR count). The van der Waals surface area contributed by atoms with Crippen LogP contribution in [0.2, 0.25) is 0 Å². The van der Waals surface area contributed by atoms with Gasteiger partial charge in [0.15, 0.2) is 6.17 Å². The third-order valence-corrected chi connectivity index (χ3v) is 2.28. The van der Waals surface area contributed by atoms with E-state index in [0.717, 1.165) is 0 Å². The first kappa shape index (κ1) is 10.9. The Morgan fingerprint density at radius 1 is 0.846 bits per heavy atom. The number of alkyl halides is 8. The molecule has 0 N–H and O–H groups in total. The van der Waals surface area contributed by atoms with Gasteiger partial charge in [0.1, 0.15) is 5.38 Å². The van der Waals surface area contributed by atoms with Crippen LogP contribution in [0, 0.1) is 0 Å². The number of hydrogen-bond donors (Lipinski definition) is 0. The van der Waals surface area contributed by atoms with Gasteiger partial charge in [-0.2, -0.15) is 26.3 Å². The predicted molar refractivity (Wildman–Crippen MR) is 29.4 cm³/mol. The highest BCUT2D eigenvalue weighted by atomic mass is 35.5. The normalized spacial score (nSPS) is 40.6. The molecule has 0 nitrogen and oxygen atoms in total. The monoisotopic (exact) mass is 230 g/mol. The van der Waals surface area contributed by atoms with Crippen molar-refractivity contribution >= 4 is 11.6 Å². The third kappa shape index (κ3) is 0.992. The summed E-state index contributed by atoms with van der Waals surface area (Å²) < 4.78 is 85.5. The Bertz CT molecular complexity index is 203. The summed E-state index contributed by atoms with van der Waals surface area (Å²) in [4.78, 5) is 0. The molecule has 8 heteroatoms. The highest BCUT2D eigenvalue weighted by Gasteiger charge is 2.85. The summed E-state index contributed by atoms with van der Waals surface area (Å²) in [6, 6.07) is 0. The summed E-state index contributed by atoms with van der Waals surface area (Å²) in [6.07, 6.45) is -3.75. The third-order valence-electron chi connectivity index (χ3n) is 1.79. The lowest BCUT2D eigenvalue weighted by Gasteiger charge is -2.22. The second kappa shape index (κ2) is 2.43. The Kier molecular flexibility index (Phi) is 2.03. The maximum atomic E-state index is 12.3. The summed E-state index contributed by atoms with van der Waals surface area (Å²) in [5.41, 5.74) is 0. The molecule has 0 spiro atoms. The summed E-state index contributed by atoms with van der Waals surface area (Å²) in [6.45, 7) is 0. The van der Waals surface area contributed by atoms with Crippen LogP contribution in [0.15, 0.2) is 0 Å². The SMILES string of the molecule is FC1C(Cl)C(F)(F)C(F)(F)C1(F)F. The van der Waals surface area contributed by atoms with Crippen molar-refractivity contribution in [2.75, 3.05) is 0 Å². The minimum absolute atomic E-state index is 3.21. The molecule has 1 aliphatic carbocycles. The summed E-state index contributed by atoms with van der Waals surface area (Å²) in [7, 11) is 0. The van der Waals surface area contributed by atoms with E-state index in [9.17, 15) is 30.7 Å². The van der Waals surface area contributed by atoms with Gasteiger partial charge in [-0.3, -0.25) is 0 Å². The van der Waals surface area contributed by atoms with E-state index in [1.807, 2.05) is 0 Å². The van der Waals surface area contributed by atoms with Gasteiger partial charge in [0.05, 0.1) is 0 Å². The van der Waals surface area contributed by atoms with Crippen LogP contribution in [0.1, 0.15) is 0 Å². The molecule has 0 saturated heterocycles. The molecule has 2 atom stereocenters. The standard InChI is InChI=1S/C5H2ClF7/c6-1-2(7)4(10,11)5(12,13)3(1,8)9/h1-2H. The minimum Gasteiger partial charge on any atom is -0.239 e. The second-order valence-electron chi connectivity index (χ2n) is 2.62. The lowest BCUT2D eigenvalue weighted by molar-refractivity contribution is -0.276. The largest absolute Gasteiger partial charge is 0.376 e. The average Bonchev–Trinajstić information content (AvgIpc) is 2.05. The van der Waals surface area contributed by atoms with Crippen molar-refractivity contribution in [3.05, 3.63) is 0 Å². The molecular formula is C5H2ClF7. The van der Waals surface area contributed by atoms with E-state index in [1.165, 1.54) is 0 Å². The van der Waals surface area contributed by atoms with E-state index < -0.39 is 29.3 Å². The Hall–Kier alpha value is -0.200. The van der Waals surface area contributed by atoms with Crippen molar-refractivity contribution in [2.24, 2.45) is 0 Å². The lowest BCUT2D eigenvalue weighted by atomic mass is 10.2. The molecule has 78 valence electrons. The van der Waals surface area contributed by atoms with Gasteiger partial charge in [-0.15, -0.1) is 11.6 Å². The molecule has 2 unspecified atom stereocenters. The first-order valence-electron chi connectivity index (χ1n) is 2.98. The fourth-order valence-electron chi connectivity index (χ4n) is 0.936. The summed E-state index contributed by atoms with van der Waals surface area (Å²) in [5, 5.41) is -3.21. The zero-order chi connectivity index (χ0) is 10.7. The van der Waals surface area contributed by atoms with Gasteiger partial charge in [-0.25, -0.2) is 4.39 Å². The van der Waals surface area contributed by atoms with Gasteiger partial charge in [0, 0.05) is 0 Å².